The van der Waals surface area contributed by atoms with Crippen molar-refractivity contribution < 1.29 is 9.90 Å². The Bertz CT molecular complexity index is 545. The molecule has 0 radical (unpaired) electrons. The fourth-order valence-electron chi connectivity index (χ4n) is 1.29. The Kier molecular flexibility index (Phi) is 3.81. The van der Waals surface area contributed by atoms with Crippen molar-refractivity contribution >= 4 is 33.7 Å². The van der Waals surface area contributed by atoms with Gasteiger partial charge in [-0.2, -0.15) is 0 Å². The van der Waals surface area contributed by atoms with Gasteiger partial charge in [0.25, 0.3) is 0 Å². The van der Waals surface area contributed by atoms with Gasteiger partial charge in [0, 0.05) is 26.7 Å². The van der Waals surface area contributed by atoms with Gasteiger partial charge in [0.05, 0.1) is 5.56 Å². The molecular weight excluding hydrogens is 302 g/mol. The minimum atomic E-state index is -0.928. The van der Waals surface area contributed by atoms with Crippen molar-refractivity contribution in [3.63, 3.8) is 0 Å². The average molecular weight is 310 g/mol. The lowest BCUT2D eigenvalue weighted by Gasteiger charge is -2.05. The van der Waals surface area contributed by atoms with Crippen molar-refractivity contribution in [2.45, 2.75) is 9.79 Å². The number of hydrogen-bond acceptors (Lipinski definition) is 3. The molecule has 3 nitrogen and oxygen atoms in total. The minimum Gasteiger partial charge on any atom is -0.478 e. The molecule has 0 aliphatic heterocycles. The summed E-state index contributed by atoms with van der Waals surface area (Å²) < 4.78 is 0.758. The predicted octanol–water partition coefficient (Wildman–Crippen LogP) is 3.69. The van der Waals surface area contributed by atoms with E-state index in [9.17, 15) is 4.79 Å². The van der Waals surface area contributed by atoms with Crippen LogP contribution in [0.1, 0.15) is 10.4 Å². The smallest absolute Gasteiger partial charge is 0.336 e. The molecule has 0 aliphatic rings. The van der Waals surface area contributed by atoms with Gasteiger partial charge in [-0.1, -0.05) is 27.7 Å². The molecule has 1 N–H and O–H groups in total. The molecule has 0 bridgehead atoms. The second-order valence-corrected chi connectivity index (χ2v) is 5.26. The summed E-state index contributed by atoms with van der Waals surface area (Å²) >= 11 is 4.68. The van der Waals surface area contributed by atoms with E-state index in [0.717, 1.165) is 9.37 Å². The quantitative estimate of drug-likeness (QED) is 0.939. The number of carbonyl (C=O) groups is 1. The largest absolute Gasteiger partial charge is 0.478 e. The number of aromatic carboxylic acids is 1. The SMILES string of the molecule is O=C(O)c1cc(Br)ccc1Sc1ccncc1. The third kappa shape index (κ3) is 3.08. The fourth-order valence-corrected chi connectivity index (χ4v) is 2.56. The molecule has 0 fully saturated rings. The summed E-state index contributed by atoms with van der Waals surface area (Å²) in [5.41, 5.74) is 0.293. The van der Waals surface area contributed by atoms with Gasteiger partial charge < -0.3 is 5.11 Å². The standard InChI is InChI=1S/C12H8BrNO2S/c13-8-1-2-11(10(7-8)12(15)16)17-9-3-5-14-6-4-9/h1-7H,(H,15,16). The van der Waals surface area contributed by atoms with Crippen LogP contribution in [0.2, 0.25) is 0 Å². The molecule has 86 valence electrons. The maximum atomic E-state index is 11.1. The molecule has 1 heterocycles. The summed E-state index contributed by atoms with van der Waals surface area (Å²) in [7, 11) is 0. The zero-order chi connectivity index (χ0) is 12.3. The summed E-state index contributed by atoms with van der Waals surface area (Å²) in [6, 6.07) is 8.91. The van der Waals surface area contributed by atoms with Crippen LogP contribution in [0.5, 0.6) is 0 Å². The molecule has 17 heavy (non-hydrogen) atoms. The Hall–Kier alpha value is -1.33. The van der Waals surface area contributed by atoms with Crippen molar-refractivity contribution in [1.82, 2.24) is 4.98 Å². The number of carboxylic acid groups (broad SMARTS) is 1. The van der Waals surface area contributed by atoms with E-state index < -0.39 is 5.97 Å². The Morgan fingerprint density at radius 2 is 1.94 bits per heavy atom. The van der Waals surface area contributed by atoms with Crippen LogP contribution in [-0.4, -0.2) is 16.1 Å². The van der Waals surface area contributed by atoms with E-state index in [1.165, 1.54) is 11.8 Å². The van der Waals surface area contributed by atoms with Gasteiger partial charge in [0.1, 0.15) is 0 Å². The van der Waals surface area contributed by atoms with E-state index in [2.05, 4.69) is 20.9 Å². The van der Waals surface area contributed by atoms with Crippen LogP contribution in [0.15, 0.2) is 57.0 Å². The van der Waals surface area contributed by atoms with Crippen molar-refractivity contribution in [3.8, 4) is 0 Å². The van der Waals surface area contributed by atoms with Crippen LogP contribution in [0.25, 0.3) is 0 Å². The lowest BCUT2D eigenvalue weighted by molar-refractivity contribution is 0.0693. The highest BCUT2D eigenvalue weighted by atomic mass is 79.9. The first kappa shape index (κ1) is 12.1. The Balaban J connectivity index is 2.36. The highest BCUT2D eigenvalue weighted by Gasteiger charge is 2.11. The number of pyridine rings is 1. The molecular formula is C12H8BrNO2S. The summed E-state index contributed by atoms with van der Waals surface area (Å²) in [6.07, 6.45) is 3.36. The van der Waals surface area contributed by atoms with Gasteiger partial charge in [-0.3, -0.25) is 4.98 Å². The average Bonchev–Trinajstić information content (AvgIpc) is 2.32. The van der Waals surface area contributed by atoms with Crippen molar-refractivity contribution in [2.75, 3.05) is 0 Å². The van der Waals surface area contributed by atoms with Crippen LogP contribution in [0, 0.1) is 0 Å². The van der Waals surface area contributed by atoms with Crippen LogP contribution in [0.3, 0.4) is 0 Å². The molecule has 2 rings (SSSR count). The van der Waals surface area contributed by atoms with Crippen molar-refractivity contribution in [2.24, 2.45) is 0 Å². The first-order valence-corrected chi connectivity index (χ1v) is 6.38. The Labute approximate surface area is 111 Å². The fraction of sp³-hybridized carbons (Fsp3) is 0. The molecule has 0 aliphatic carbocycles. The number of nitrogens with zero attached hydrogens (tertiary/aromatic N) is 1. The third-order valence-corrected chi connectivity index (χ3v) is 3.63. The van der Waals surface area contributed by atoms with Gasteiger partial charge in [0.15, 0.2) is 0 Å². The lowest BCUT2D eigenvalue weighted by Crippen LogP contribution is -1.98. The van der Waals surface area contributed by atoms with E-state index in [-0.39, 0.29) is 0 Å². The lowest BCUT2D eigenvalue weighted by atomic mass is 10.2. The van der Waals surface area contributed by atoms with Crippen molar-refractivity contribution in [3.05, 3.63) is 52.8 Å². The molecule has 0 amide bonds. The van der Waals surface area contributed by atoms with Crippen LogP contribution in [-0.2, 0) is 0 Å². The molecule has 5 heteroatoms. The van der Waals surface area contributed by atoms with E-state index in [1.807, 2.05) is 18.2 Å². The number of hydrogen-bond donors (Lipinski definition) is 1. The highest BCUT2D eigenvalue weighted by Crippen LogP contribution is 2.31. The van der Waals surface area contributed by atoms with Gasteiger partial charge in [-0.25, -0.2) is 4.79 Å². The monoisotopic (exact) mass is 309 g/mol. The number of halogens is 1. The second-order valence-electron chi connectivity index (χ2n) is 3.23. The molecule has 0 atom stereocenters. The normalized spacial score (nSPS) is 10.2. The molecule has 0 spiro atoms. The first-order valence-electron chi connectivity index (χ1n) is 4.77. The van der Waals surface area contributed by atoms with Crippen molar-refractivity contribution in [1.29, 1.82) is 0 Å². The second kappa shape index (κ2) is 5.33. The van der Waals surface area contributed by atoms with E-state index in [1.54, 1.807) is 24.5 Å². The molecule has 0 unspecified atom stereocenters. The van der Waals surface area contributed by atoms with E-state index >= 15 is 0 Å². The van der Waals surface area contributed by atoms with Gasteiger partial charge in [-0.05, 0) is 30.3 Å². The Morgan fingerprint density at radius 1 is 1.24 bits per heavy atom. The number of benzene rings is 1. The summed E-state index contributed by atoms with van der Waals surface area (Å²) in [6.45, 7) is 0. The maximum Gasteiger partial charge on any atom is 0.336 e. The van der Waals surface area contributed by atoms with Crippen LogP contribution in [0.4, 0.5) is 0 Å². The van der Waals surface area contributed by atoms with Crippen LogP contribution < -0.4 is 0 Å². The number of aromatic nitrogens is 1. The number of carboxylic acids is 1. The van der Waals surface area contributed by atoms with Crippen LogP contribution >= 0.6 is 27.7 Å². The first-order chi connectivity index (χ1) is 8.16. The minimum absolute atomic E-state index is 0.293. The molecule has 0 saturated carbocycles. The van der Waals surface area contributed by atoms with E-state index in [4.69, 9.17) is 5.11 Å². The molecule has 0 saturated heterocycles. The Morgan fingerprint density at radius 3 is 2.59 bits per heavy atom. The van der Waals surface area contributed by atoms with Gasteiger partial charge >= 0.3 is 5.97 Å². The third-order valence-electron chi connectivity index (χ3n) is 2.05. The zero-order valence-corrected chi connectivity index (χ0v) is 11.0. The molecule has 1 aromatic carbocycles. The van der Waals surface area contributed by atoms with Gasteiger partial charge in [-0.15, -0.1) is 0 Å². The topological polar surface area (TPSA) is 50.2 Å². The summed E-state index contributed by atoms with van der Waals surface area (Å²) in [5.74, 6) is -0.928. The highest BCUT2D eigenvalue weighted by molar-refractivity contribution is 9.10. The zero-order valence-electron chi connectivity index (χ0n) is 8.63. The number of rotatable bonds is 3. The van der Waals surface area contributed by atoms with E-state index in [0.29, 0.717) is 10.5 Å². The predicted molar refractivity (Wildman–Crippen MR) is 69.5 cm³/mol. The summed E-state index contributed by atoms with van der Waals surface area (Å²) in [4.78, 5) is 16.7. The summed E-state index contributed by atoms with van der Waals surface area (Å²) in [5, 5.41) is 9.12. The molecule has 1 aromatic heterocycles. The maximum absolute atomic E-state index is 11.1. The van der Waals surface area contributed by atoms with Gasteiger partial charge in [0.2, 0.25) is 0 Å². The molecule has 2 aromatic rings.